The fourth-order valence-electron chi connectivity index (χ4n) is 2.34. The second kappa shape index (κ2) is 5.49. The lowest BCUT2D eigenvalue weighted by Gasteiger charge is -2.33. The first-order chi connectivity index (χ1) is 8.63. The van der Waals surface area contributed by atoms with E-state index in [1.165, 1.54) is 0 Å². The zero-order chi connectivity index (χ0) is 13.1. The maximum absolute atomic E-state index is 11.8. The Morgan fingerprint density at radius 2 is 2.11 bits per heavy atom. The monoisotopic (exact) mass is 251 g/mol. The Morgan fingerprint density at radius 3 is 2.67 bits per heavy atom. The Kier molecular flexibility index (Phi) is 3.98. The van der Waals surface area contributed by atoms with Gasteiger partial charge in [0.25, 0.3) is 5.56 Å². The molecule has 6 heteroatoms. The van der Waals surface area contributed by atoms with Gasteiger partial charge in [-0.2, -0.15) is 0 Å². The highest BCUT2D eigenvalue weighted by atomic mass is 16.1. The number of hydrogen-bond donors (Lipinski definition) is 3. The zero-order valence-electron chi connectivity index (χ0n) is 11.0. The summed E-state index contributed by atoms with van der Waals surface area (Å²) in [6.07, 6.45) is 0.908. The highest BCUT2D eigenvalue weighted by Gasteiger charge is 2.23. The van der Waals surface area contributed by atoms with Crippen molar-refractivity contribution in [3.63, 3.8) is 0 Å². The van der Waals surface area contributed by atoms with Gasteiger partial charge in [-0.15, -0.1) is 0 Å². The Labute approximate surface area is 107 Å². The predicted molar refractivity (Wildman–Crippen MR) is 71.5 cm³/mol. The molecule has 0 radical (unpaired) electrons. The maximum atomic E-state index is 11.8. The van der Waals surface area contributed by atoms with Crippen LogP contribution in [0.3, 0.4) is 0 Å². The van der Waals surface area contributed by atoms with Gasteiger partial charge in [-0.25, -0.2) is 4.98 Å². The second-order valence-electron chi connectivity index (χ2n) is 4.67. The van der Waals surface area contributed by atoms with Crippen LogP contribution >= 0.6 is 0 Å². The predicted octanol–water partition coefficient (Wildman–Crippen LogP) is 0.0168. The average Bonchev–Trinajstić information content (AvgIpc) is 2.38. The first kappa shape index (κ1) is 13.0. The molecule has 2 rings (SSSR count). The summed E-state index contributed by atoms with van der Waals surface area (Å²) in [6.45, 7) is 7.68. The van der Waals surface area contributed by atoms with E-state index in [2.05, 4.69) is 27.1 Å². The molecule has 1 aromatic rings. The number of hydrogen-bond acceptors (Lipinski definition) is 5. The van der Waals surface area contributed by atoms with Gasteiger partial charge in [0.2, 0.25) is 0 Å². The lowest BCUT2D eigenvalue weighted by atomic mass is 10.1. The van der Waals surface area contributed by atoms with Crippen LogP contribution in [0.1, 0.15) is 30.8 Å². The summed E-state index contributed by atoms with van der Waals surface area (Å²) in [4.78, 5) is 21.3. The molecule has 0 spiro atoms. The molecule has 0 saturated carbocycles. The topological polar surface area (TPSA) is 87.0 Å². The summed E-state index contributed by atoms with van der Waals surface area (Å²) in [5, 5.41) is 3.32. The Hall–Kier alpha value is -1.40. The molecule has 1 aliphatic rings. The van der Waals surface area contributed by atoms with E-state index in [0.717, 1.165) is 32.6 Å². The second-order valence-corrected chi connectivity index (χ2v) is 4.67. The number of aromatic nitrogens is 2. The molecule has 2 heterocycles. The van der Waals surface area contributed by atoms with E-state index in [0.29, 0.717) is 17.2 Å². The third kappa shape index (κ3) is 2.54. The van der Waals surface area contributed by atoms with Crippen molar-refractivity contribution >= 4 is 5.82 Å². The van der Waals surface area contributed by atoms with Crippen molar-refractivity contribution in [2.75, 3.05) is 31.9 Å². The van der Waals surface area contributed by atoms with E-state index in [4.69, 9.17) is 5.73 Å². The van der Waals surface area contributed by atoms with Crippen molar-refractivity contribution in [1.29, 1.82) is 0 Å². The quantitative estimate of drug-likeness (QED) is 0.705. The number of nitrogens with one attached hydrogen (secondary N) is 2. The molecule has 0 aromatic carbocycles. The van der Waals surface area contributed by atoms with E-state index in [1.807, 2.05) is 0 Å². The molecule has 100 valence electrons. The van der Waals surface area contributed by atoms with Crippen LogP contribution in [0.5, 0.6) is 0 Å². The van der Waals surface area contributed by atoms with Gasteiger partial charge in [0.1, 0.15) is 11.6 Å². The van der Waals surface area contributed by atoms with Crippen molar-refractivity contribution in [3.8, 4) is 0 Å². The van der Waals surface area contributed by atoms with Crippen LogP contribution in [0.2, 0.25) is 0 Å². The SMILES string of the molecule is CCC(c1nc(N)c(C)c(=O)[nH]1)N1CCNCC1. The van der Waals surface area contributed by atoms with Crippen LogP contribution < -0.4 is 16.6 Å². The number of H-pyrrole nitrogens is 1. The number of nitrogens with two attached hydrogens (primary N) is 1. The number of nitrogens with zero attached hydrogens (tertiary/aromatic N) is 2. The number of anilines is 1. The number of aromatic amines is 1. The third-order valence-electron chi connectivity index (χ3n) is 3.50. The summed E-state index contributed by atoms with van der Waals surface area (Å²) in [5.41, 5.74) is 6.14. The van der Waals surface area contributed by atoms with Crippen LogP contribution in [0, 0.1) is 6.92 Å². The summed E-state index contributed by atoms with van der Waals surface area (Å²) < 4.78 is 0. The highest BCUT2D eigenvalue weighted by molar-refractivity contribution is 5.36. The normalized spacial score (nSPS) is 18.8. The van der Waals surface area contributed by atoms with Crippen molar-refractivity contribution in [2.24, 2.45) is 0 Å². The Balaban J connectivity index is 2.29. The van der Waals surface area contributed by atoms with Crippen LogP contribution in [-0.4, -0.2) is 41.0 Å². The van der Waals surface area contributed by atoms with Crippen LogP contribution in [0.25, 0.3) is 0 Å². The summed E-state index contributed by atoms with van der Waals surface area (Å²) >= 11 is 0. The van der Waals surface area contributed by atoms with Gasteiger partial charge in [0.15, 0.2) is 0 Å². The third-order valence-corrected chi connectivity index (χ3v) is 3.50. The highest BCUT2D eigenvalue weighted by Crippen LogP contribution is 2.21. The molecule has 1 aromatic heterocycles. The first-order valence-electron chi connectivity index (χ1n) is 6.44. The van der Waals surface area contributed by atoms with Gasteiger partial charge in [0, 0.05) is 26.2 Å². The maximum Gasteiger partial charge on any atom is 0.255 e. The van der Waals surface area contributed by atoms with Crippen molar-refractivity contribution in [3.05, 3.63) is 21.7 Å². The Bertz CT molecular complexity index is 464. The minimum absolute atomic E-state index is 0.133. The average molecular weight is 251 g/mol. The van der Waals surface area contributed by atoms with Gasteiger partial charge in [-0.05, 0) is 13.3 Å². The lowest BCUT2D eigenvalue weighted by Crippen LogP contribution is -2.45. The number of rotatable bonds is 3. The molecule has 6 nitrogen and oxygen atoms in total. The summed E-state index contributed by atoms with van der Waals surface area (Å²) in [7, 11) is 0. The molecule has 4 N–H and O–H groups in total. The zero-order valence-corrected chi connectivity index (χ0v) is 11.0. The first-order valence-corrected chi connectivity index (χ1v) is 6.44. The van der Waals surface area contributed by atoms with Gasteiger partial charge in [-0.3, -0.25) is 9.69 Å². The van der Waals surface area contributed by atoms with Crippen LogP contribution in [0.4, 0.5) is 5.82 Å². The van der Waals surface area contributed by atoms with Gasteiger partial charge < -0.3 is 16.0 Å². The number of piperazine rings is 1. The van der Waals surface area contributed by atoms with E-state index >= 15 is 0 Å². The van der Waals surface area contributed by atoms with E-state index in [9.17, 15) is 4.79 Å². The van der Waals surface area contributed by atoms with E-state index in [1.54, 1.807) is 6.92 Å². The molecular weight excluding hydrogens is 230 g/mol. The molecule has 1 saturated heterocycles. The van der Waals surface area contributed by atoms with E-state index in [-0.39, 0.29) is 11.6 Å². The van der Waals surface area contributed by atoms with Crippen molar-refractivity contribution in [1.82, 2.24) is 20.2 Å². The Morgan fingerprint density at radius 1 is 1.44 bits per heavy atom. The lowest BCUT2D eigenvalue weighted by molar-refractivity contribution is 0.162. The molecule has 18 heavy (non-hydrogen) atoms. The van der Waals surface area contributed by atoms with Gasteiger partial charge in [0.05, 0.1) is 11.6 Å². The molecule has 1 aliphatic heterocycles. The largest absolute Gasteiger partial charge is 0.383 e. The molecular formula is C12H21N5O. The fourth-order valence-corrected chi connectivity index (χ4v) is 2.34. The van der Waals surface area contributed by atoms with E-state index < -0.39 is 0 Å². The molecule has 0 bridgehead atoms. The fraction of sp³-hybridized carbons (Fsp3) is 0.667. The number of nitrogen functional groups attached to an aromatic ring is 1. The molecule has 0 amide bonds. The molecule has 1 unspecified atom stereocenters. The minimum Gasteiger partial charge on any atom is -0.383 e. The molecule has 0 aliphatic carbocycles. The van der Waals surface area contributed by atoms with Crippen molar-refractivity contribution in [2.45, 2.75) is 26.3 Å². The summed E-state index contributed by atoms with van der Waals surface area (Å²) in [5.74, 6) is 1.02. The van der Waals surface area contributed by atoms with Crippen molar-refractivity contribution < 1.29 is 0 Å². The molecule has 1 atom stereocenters. The van der Waals surface area contributed by atoms with Gasteiger partial charge >= 0.3 is 0 Å². The minimum atomic E-state index is -0.133. The van der Waals surface area contributed by atoms with Crippen LogP contribution in [-0.2, 0) is 0 Å². The standard InChI is InChI=1S/C12H21N5O/c1-3-9(17-6-4-14-5-7-17)11-15-10(13)8(2)12(18)16-11/h9,14H,3-7H2,1-2H3,(H3,13,15,16,18). The van der Waals surface area contributed by atoms with Crippen LogP contribution in [0.15, 0.2) is 4.79 Å². The smallest absolute Gasteiger partial charge is 0.255 e. The molecule has 1 fully saturated rings. The van der Waals surface area contributed by atoms with Gasteiger partial charge in [-0.1, -0.05) is 6.92 Å². The summed E-state index contributed by atoms with van der Waals surface area (Å²) in [6, 6.07) is 0.141.